The van der Waals surface area contributed by atoms with E-state index < -0.39 is 24.3 Å². The molecule has 0 aromatic heterocycles. The van der Waals surface area contributed by atoms with Crippen molar-refractivity contribution in [1.29, 1.82) is 0 Å². The molecule has 0 saturated heterocycles. The van der Waals surface area contributed by atoms with E-state index in [9.17, 15) is 20.1 Å². The maximum Gasteiger partial charge on any atom is 0.303 e. The topological polar surface area (TPSA) is 98.0 Å². The molecule has 0 spiro atoms. The predicted molar refractivity (Wildman–Crippen MR) is 103 cm³/mol. The molecule has 0 radical (unpaired) electrons. The van der Waals surface area contributed by atoms with E-state index in [0.29, 0.717) is 25.7 Å². The number of unbranched alkanes of at least 4 members (excludes halogenated alkanes) is 3. The quantitative estimate of drug-likeness (QED) is 0.312. The van der Waals surface area contributed by atoms with Gasteiger partial charge < -0.3 is 20.4 Å². The Morgan fingerprint density at radius 3 is 2.54 bits per heavy atom. The number of hydrogen-bond donors (Lipinski definition) is 4. The Labute approximate surface area is 157 Å². The Bertz CT molecular complexity index is 471. The highest BCUT2D eigenvalue weighted by Crippen LogP contribution is 2.39. The SMILES string of the molecule is CCCCCC(O)/C=C(\C)[C@H]1C(O)CC(O)[C@@H]1C/C=C\CCCC(=O)O. The van der Waals surface area contributed by atoms with E-state index in [0.717, 1.165) is 31.3 Å². The summed E-state index contributed by atoms with van der Waals surface area (Å²) in [6, 6.07) is 0. The van der Waals surface area contributed by atoms with Crippen molar-refractivity contribution in [3.8, 4) is 0 Å². The molecule has 0 heterocycles. The van der Waals surface area contributed by atoms with Crippen LogP contribution in [-0.4, -0.2) is 44.7 Å². The van der Waals surface area contributed by atoms with Gasteiger partial charge in [-0.25, -0.2) is 0 Å². The molecule has 1 rings (SSSR count). The lowest BCUT2D eigenvalue weighted by atomic mass is 9.84. The third-order valence-electron chi connectivity index (χ3n) is 5.27. The summed E-state index contributed by atoms with van der Waals surface area (Å²) in [5, 5.41) is 39.5. The van der Waals surface area contributed by atoms with Gasteiger partial charge in [0.2, 0.25) is 0 Å². The molecule has 0 aromatic carbocycles. The zero-order valence-corrected chi connectivity index (χ0v) is 16.2. The van der Waals surface area contributed by atoms with E-state index in [-0.39, 0.29) is 18.3 Å². The second kappa shape index (κ2) is 12.3. The second-order valence-electron chi connectivity index (χ2n) is 7.53. The molecule has 0 bridgehead atoms. The summed E-state index contributed by atoms with van der Waals surface area (Å²) in [5.41, 5.74) is 0.947. The molecule has 0 aliphatic heterocycles. The van der Waals surface area contributed by atoms with Crippen LogP contribution in [-0.2, 0) is 4.79 Å². The average Bonchev–Trinajstić information content (AvgIpc) is 2.84. The van der Waals surface area contributed by atoms with Crippen LogP contribution in [0.15, 0.2) is 23.8 Å². The number of carboxylic acid groups (broad SMARTS) is 1. The van der Waals surface area contributed by atoms with Crippen molar-refractivity contribution in [3.63, 3.8) is 0 Å². The van der Waals surface area contributed by atoms with Crippen LogP contribution < -0.4 is 0 Å². The molecule has 150 valence electrons. The molecule has 1 aliphatic carbocycles. The van der Waals surface area contributed by atoms with Crippen molar-refractivity contribution in [3.05, 3.63) is 23.8 Å². The summed E-state index contributed by atoms with van der Waals surface area (Å²) < 4.78 is 0. The monoisotopic (exact) mass is 368 g/mol. The highest BCUT2D eigenvalue weighted by molar-refractivity contribution is 5.66. The van der Waals surface area contributed by atoms with Crippen LogP contribution in [0, 0.1) is 11.8 Å². The van der Waals surface area contributed by atoms with Crippen LogP contribution in [0.2, 0.25) is 0 Å². The van der Waals surface area contributed by atoms with Gasteiger partial charge >= 0.3 is 5.97 Å². The van der Waals surface area contributed by atoms with Gasteiger partial charge in [-0.2, -0.15) is 0 Å². The molecule has 1 saturated carbocycles. The number of rotatable bonds is 12. The largest absolute Gasteiger partial charge is 0.481 e. The smallest absolute Gasteiger partial charge is 0.303 e. The highest BCUT2D eigenvalue weighted by atomic mass is 16.4. The summed E-state index contributed by atoms with van der Waals surface area (Å²) in [7, 11) is 0. The maximum absolute atomic E-state index is 10.5. The molecule has 5 atom stereocenters. The second-order valence-corrected chi connectivity index (χ2v) is 7.53. The molecule has 5 heteroatoms. The van der Waals surface area contributed by atoms with Crippen LogP contribution in [0.3, 0.4) is 0 Å². The number of aliphatic carboxylic acids is 1. The molecule has 0 amide bonds. The van der Waals surface area contributed by atoms with Gasteiger partial charge in [0.15, 0.2) is 0 Å². The first-order valence-corrected chi connectivity index (χ1v) is 9.96. The minimum atomic E-state index is -0.786. The number of aliphatic hydroxyl groups is 3. The lowest BCUT2D eigenvalue weighted by Crippen LogP contribution is -2.23. The normalized spacial score (nSPS) is 28.0. The average molecular weight is 369 g/mol. The van der Waals surface area contributed by atoms with Gasteiger partial charge in [0, 0.05) is 18.8 Å². The van der Waals surface area contributed by atoms with E-state index in [1.54, 1.807) is 0 Å². The Morgan fingerprint density at radius 1 is 1.15 bits per heavy atom. The predicted octanol–water partition coefficient (Wildman–Crippen LogP) is 3.43. The van der Waals surface area contributed by atoms with Crippen molar-refractivity contribution in [2.24, 2.45) is 11.8 Å². The lowest BCUT2D eigenvalue weighted by molar-refractivity contribution is -0.137. The van der Waals surface area contributed by atoms with Crippen molar-refractivity contribution < 1.29 is 25.2 Å². The lowest BCUT2D eigenvalue weighted by Gasteiger charge is -2.24. The van der Waals surface area contributed by atoms with Gasteiger partial charge in [0.05, 0.1) is 18.3 Å². The number of carboxylic acids is 1. The first-order valence-electron chi connectivity index (χ1n) is 9.96. The first-order chi connectivity index (χ1) is 12.4. The molecular formula is C21H36O5. The van der Waals surface area contributed by atoms with Crippen LogP contribution in [0.25, 0.3) is 0 Å². The van der Waals surface area contributed by atoms with E-state index in [4.69, 9.17) is 5.11 Å². The number of allylic oxidation sites excluding steroid dienone is 2. The van der Waals surface area contributed by atoms with Crippen molar-refractivity contribution in [1.82, 2.24) is 0 Å². The van der Waals surface area contributed by atoms with Gasteiger partial charge in [0.25, 0.3) is 0 Å². The number of aliphatic hydroxyl groups excluding tert-OH is 3. The Balaban J connectivity index is 2.59. The molecule has 3 unspecified atom stereocenters. The van der Waals surface area contributed by atoms with Gasteiger partial charge in [-0.15, -0.1) is 0 Å². The third kappa shape index (κ3) is 8.02. The molecular weight excluding hydrogens is 332 g/mol. The standard InChI is InChI=1S/C21H36O5/c1-3-4-7-10-16(22)13-15(2)21-17(18(23)14-19(21)24)11-8-5-6-9-12-20(25)26/h5,8,13,16-19,21-24H,3-4,6-7,9-12,14H2,1-2H3,(H,25,26)/b8-5-,15-13+/t16?,17-,18?,19?,21+/m0/s1. The van der Waals surface area contributed by atoms with Crippen LogP contribution in [0.4, 0.5) is 0 Å². The summed E-state index contributed by atoms with van der Waals surface area (Å²) in [6.07, 6.45) is 10.5. The van der Waals surface area contributed by atoms with Gasteiger partial charge in [-0.1, -0.05) is 50.0 Å². The van der Waals surface area contributed by atoms with Crippen LogP contribution >= 0.6 is 0 Å². The van der Waals surface area contributed by atoms with Crippen LogP contribution in [0.1, 0.15) is 71.6 Å². The maximum atomic E-state index is 10.5. The fourth-order valence-electron chi connectivity index (χ4n) is 3.88. The summed E-state index contributed by atoms with van der Waals surface area (Å²) in [5.74, 6) is -1.000. The van der Waals surface area contributed by atoms with Crippen molar-refractivity contribution in [2.75, 3.05) is 0 Å². The van der Waals surface area contributed by atoms with Gasteiger partial charge in [0.1, 0.15) is 0 Å². The molecule has 0 aromatic rings. The number of hydrogen-bond acceptors (Lipinski definition) is 4. The van der Waals surface area contributed by atoms with E-state index in [1.165, 1.54) is 0 Å². The Morgan fingerprint density at radius 2 is 1.88 bits per heavy atom. The minimum absolute atomic E-state index is 0.0696. The summed E-state index contributed by atoms with van der Waals surface area (Å²) >= 11 is 0. The Kier molecular flexibility index (Phi) is 10.8. The molecule has 5 nitrogen and oxygen atoms in total. The fraction of sp³-hybridized carbons (Fsp3) is 0.762. The summed E-state index contributed by atoms with van der Waals surface area (Å²) in [4.78, 5) is 10.5. The molecule has 26 heavy (non-hydrogen) atoms. The van der Waals surface area contributed by atoms with Gasteiger partial charge in [-0.3, -0.25) is 4.79 Å². The number of carbonyl (C=O) groups is 1. The van der Waals surface area contributed by atoms with Crippen LogP contribution in [0.5, 0.6) is 0 Å². The zero-order valence-electron chi connectivity index (χ0n) is 16.2. The van der Waals surface area contributed by atoms with Crippen molar-refractivity contribution in [2.45, 2.75) is 89.9 Å². The van der Waals surface area contributed by atoms with E-state index in [1.807, 2.05) is 25.2 Å². The third-order valence-corrected chi connectivity index (χ3v) is 5.27. The molecule has 1 aliphatic rings. The Hall–Kier alpha value is -1.17. The first kappa shape index (κ1) is 22.9. The highest BCUT2D eigenvalue weighted by Gasteiger charge is 2.41. The minimum Gasteiger partial charge on any atom is -0.481 e. The van der Waals surface area contributed by atoms with Gasteiger partial charge in [-0.05, 0) is 38.5 Å². The molecule has 1 fully saturated rings. The fourth-order valence-corrected chi connectivity index (χ4v) is 3.88. The zero-order chi connectivity index (χ0) is 19.5. The molecule has 4 N–H and O–H groups in total. The van der Waals surface area contributed by atoms with E-state index >= 15 is 0 Å². The van der Waals surface area contributed by atoms with E-state index in [2.05, 4.69) is 6.92 Å². The summed E-state index contributed by atoms with van der Waals surface area (Å²) in [6.45, 7) is 4.06. The van der Waals surface area contributed by atoms with Crippen molar-refractivity contribution >= 4 is 5.97 Å².